The summed E-state index contributed by atoms with van der Waals surface area (Å²) < 4.78 is 18.0. The lowest BCUT2D eigenvalue weighted by molar-refractivity contribution is -0.150. The summed E-state index contributed by atoms with van der Waals surface area (Å²) in [6.45, 7) is 7.35. The Balaban J connectivity index is 1.32. The molecule has 0 aliphatic carbocycles. The smallest absolute Gasteiger partial charge is 0.0716 e. The molecule has 2 rings (SSSR count). The summed E-state index contributed by atoms with van der Waals surface area (Å²) in [5, 5.41) is 0. The van der Waals surface area contributed by atoms with Crippen LogP contribution in [-0.2, 0) is 20.8 Å². The molecule has 0 aromatic heterocycles. The molecule has 0 atom stereocenters. The number of rotatable bonds is 14. The third-order valence-corrected chi connectivity index (χ3v) is 5.51. The summed E-state index contributed by atoms with van der Waals surface area (Å²) in [5.41, 5.74) is 1.57. The topological polar surface area (TPSA) is 27.7 Å². The molecule has 0 radical (unpaired) electrons. The van der Waals surface area contributed by atoms with Crippen molar-refractivity contribution in [3.05, 3.63) is 34.3 Å². The van der Waals surface area contributed by atoms with Gasteiger partial charge in [-0.3, -0.25) is 0 Å². The minimum absolute atomic E-state index is 0.330. The van der Waals surface area contributed by atoms with E-state index in [-0.39, 0.29) is 0 Å². The number of ether oxygens (including phenoxy) is 3. The first kappa shape index (κ1) is 20.9. The van der Waals surface area contributed by atoms with Crippen molar-refractivity contribution in [1.82, 2.24) is 0 Å². The molecule has 1 fully saturated rings. The largest absolute Gasteiger partial charge is 0.381 e. The Bertz CT molecular complexity index is 451. The van der Waals surface area contributed by atoms with Crippen molar-refractivity contribution in [3.63, 3.8) is 0 Å². The van der Waals surface area contributed by atoms with Gasteiger partial charge in [-0.1, -0.05) is 60.7 Å². The Hall–Kier alpha value is -0.420. The molecular formula is C21H33BrO3. The molecule has 0 bridgehead atoms. The van der Waals surface area contributed by atoms with Crippen LogP contribution in [0.4, 0.5) is 0 Å². The van der Waals surface area contributed by atoms with Crippen LogP contribution < -0.4 is 0 Å². The van der Waals surface area contributed by atoms with Crippen molar-refractivity contribution in [1.29, 1.82) is 0 Å². The zero-order valence-electron chi connectivity index (χ0n) is 15.6. The highest BCUT2D eigenvalue weighted by molar-refractivity contribution is 9.10. The van der Waals surface area contributed by atoms with Gasteiger partial charge >= 0.3 is 0 Å². The van der Waals surface area contributed by atoms with Crippen molar-refractivity contribution in [2.45, 2.75) is 58.5 Å². The number of unbranched alkanes of at least 4 members (excludes halogenated alkanes) is 5. The maximum absolute atomic E-state index is 5.84. The molecule has 1 aliphatic rings. The fourth-order valence-electron chi connectivity index (χ4n) is 2.95. The lowest BCUT2D eigenvalue weighted by Gasteiger charge is -2.40. The van der Waals surface area contributed by atoms with Crippen LogP contribution in [0.15, 0.2) is 28.7 Å². The van der Waals surface area contributed by atoms with E-state index in [0.29, 0.717) is 5.41 Å². The second-order valence-electron chi connectivity index (χ2n) is 7.20. The zero-order valence-corrected chi connectivity index (χ0v) is 17.2. The van der Waals surface area contributed by atoms with E-state index in [1.54, 1.807) is 0 Å². The molecule has 1 aliphatic heterocycles. The fourth-order valence-corrected chi connectivity index (χ4v) is 3.22. The summed E-state index contributed by atoms with van der Waals surface area (Å²) in [7, 11) is 0. The summed E-state index contributed by atoms with van der Waals surface area (Å²) in [4.78, 5) is 0. The van der Waals surface area contributed by atoms with Gasteiger partial charge in [0.05, 0.1) is 26.4 Å². The summed E-state index contributed by atoms with van der Waals surface area (Å²) >= 11 is 3.45. The van der Waals surface area contributed by atoms with Crippen LogP contribution in [0.25, 0.3) is 0 Å². The maximum atomic E-state index is 5.84. The van der Waals surface area contributed by atoms with Gasteiger partial charge in [0.2, 0.25) is 0 Å². The highest BCUT2D eigenvalue weighted by Crippen LogP contribution is 2.31. The maximum Gasteiger partial charge on any atom is 0.0716 e. The minimum atomic E-state index is 0.330. The van der Waals surface area contributed by atoms with Crippen molar-refractivity contribution in [3.8, 4) is 0 Å². The Morgan fingerprint density at radius 1 is 0.920 bits per heavy atom. The van der Waals surface area contributed by atoms with Gasteiger partial charge in [-0.2, -0.15) is 0 Å². The third-order valence-electron chi connectivity index (χ3n) is 4.98. The predicted molar refractivity (Wildman–Crippen MR) is 106 cm³/mol. The van der Waals surface area contributed by atoms with Gasteiger partial charge in [0.15, 0.2) is 0 Å². The van der Waals surface area contributed by atoms with Crippen LogP contribution >= 0.6 is 15.9 Å². The average Bonchev–Trinajstić information content (AvgIpc) is 2.59. The normalized spacial score (nSPS) is 15.9. The van der Waals surface area contributed by atoms with E-state index in [0.717, 1.165) is 57.0 Å². The molecule has 3 nitrogen and oxygen atoms in total. The Kier molecular flexibility index (Phi) is 10.1. The highest BCUT2D eigenvalue weighted by Gasteiger charge is 2.36. The molecule has 1 saturated heterocycles. The van der Waals surface area contributed by atoms with Crippen molar-refractivity contribution in [2.24, 2.45) is 5.41 Å². The van der Waals surface area contributed by atoms with Crippen molar-refractivity contribution in [2.75, 3.05) is 33.0 Å². The fraction of sp³-hybridized carbons (Fsp3) is 0.714. The molecule has 1 aromatic carbocycles. The first-order chi connectivity index (χ1) is 12.2. The standard InChI is InChI=1S/C21H33BrO3/c1-2-21(17-25-18-21)16-24-14-8-6-4-3-5-7-13-23-15-19-9-11-20(22)12-10-19/h9-12H,2-8,13-18H2,1H3. The SMILES string of the molecule is CCC1(COCCCCCCCCOCc2ccc(Br)cc2)COC1. The lowest BCUT2D eigenvalue weighted by atomic mass is 9.84. The first-order valence-corrected chi connectivity index (χ1v) is 10.5. The quantitative estimate of drug-likeness (QED) is 0.364. The van der Waals surface area contributed by atoms with Gasteiger partial charge in [0.25, 0.3) is 0 Å². The molecule has 0 saturated carbocycles. The monoisotopic (exact) mass is 412 g/mol. The van der Waals surface area contributed by atoms with Gasteiger partial charge in [0.1, 0.15) is 0 Å². The van der Waals surface area contributed by atoms with Gasteiger partial charge in [-0.05, 0) is 37.0 Å². The van der Waals surface area contributed by atoms with E-state index >= 15 is 0 Å². The minimum Gasteiger partial charge on any atom is -0.381 e. The van der Waals surface area contributed by atoms with Crippen molar-refractivity contribution >= 4 is 15.9 Å². The second-order valence-corrected chi connectivity index (χ2v) is 8.11. The molecule has 0 spiro atoms. The molecule has 4 heteroatoms. The number of hydrogen-bond donors (Lipinski definition) is 0. The molecular weight excluding hydrogens is 380 g/mol. The van der Waals surface area contributed by atoms with Gasteiger partial charge in [0, 0.05) is 23.1 Å². The summed E-state index contributed by atoms with van der Waals surface area (Å²) in [5.74, 6) is 0. The molecule has 1 heterocycles. The average molecular weight is 413 g/mol. The van der Waals surface area contributed by atoms with Crippen LogP contribution in [-0.4, -0.2) is 33.0 Å². The van der Waals surface area contributed by atoms with Crippen LogP contribution in [0.1, 0.15) is 57.4 Å². The number of benzene rings is 1. The summed E-state index contributed by atoms with van der Waals surface area (Å²) in [6, 6.07) is 8.33. The van der Waals surface area contributed by atoms with E-state index in [1.807, 2.05) is 0 Å². The Labute approximate surface area is 161 Å². The highest BCUT2D eigenvalue weighted by atomic mass is 79.9. The Morgan fingerprint density at radius 2 is 1.52 bits per heavy atom. The number of hydrogen-bond acceptors (Lipinski definition) is 3. The van der Waals surface area contributed by atoms with Crippen molar-refractivity contribution < 1.29 is 14.2 Å². The molecule has 0 unspecified atom stereocenters. The molecule has 25 heavy (non-hydrogen) atoms. The molecule has 0 N–H and O–H groups in total. The summed E-state index contributed by atoms with van der Waals surface area (Å²) in [6.07, 6.45) is 8.64. The van der Waals surface area contributed by atoms with Crippen LogP contribution in [0.3, 0.4) is 0 Å². The third kappa shape index (κ3) is 8.21. The van der Waals surface area contributed by atoms with E-state index < -0.39 is 0 Å². The van der Waals surface area contributed by atoms with E-state index in [9.17, 15) is 0 Å². The molecule has 142 valence electrons. The van der Waals surface area contributed by atoms with Gasteiger partial charge in [-0.15, -0.1) is 0 Å². The van der Waals surface area contributed by atoms with Crippen LogP contribution in [0.2, 0.25) is 0 Å². The molecule has 0 amide bonds. The van der Waals surface area contributed by atoms with E-state index in [4.69, 9.17) is 14.2 Å². The predicted octanol–water partition coefficient (Wildman–Crippen LogP) is 5.75. The van der Waals surface area contributed by atoms with E-state index in [1.165, 1.54) is 37.7 Å². The first-order valence-electron chi connectivity index (χ1n) is 9.72. The van der Waals surface area contributed by atoms with Crippen LogP contribution in [0, 0.1) is 5.41 Å². The number of halogens is 1. The van der Waals surface area contributed by atoms with E-state index in [2.05, 4.69) is 47.1 Å². The Morgan fingerprint density at radius 3 is 2.08 bits per heavy atom. The van der Waals surface area contributed by atoms with Crippen LogP contribution in [0.5, 0.6) is 0 Å². The second kappa shape index (κ2) is 12.1. The van der Waals surface area contributed by atoms with Gasteiger partial charge in [-0.25, -0.2) is 0 Å². The van der Waals surface area contributed by atoms with Gasteiger partial charge < -0.3 is 14.2 Å². The zero-order chi connectivity index (χ0) is 17.8. The lowest BCUT2D eigenvalue weighted by Crippen LogP contribution is -2.45. The molecule has 1 aromatic rings.